The van der Waals surface area contributed by atoms with Crippen molar-refractivity contribution in [3.8, 4) is 0 Å². The van der Waals surface area contributed by atoms with Crippen molar-refractivity contribution in [3.05, 3.63) is 0 Å². The number of nitrogens with zero attached hydrogens (tertiary/aromatic N) is 1. The highest BCUT2D eigenvalue weighted by Crippen LogP contribution is 2.20. The first-order valence-electron chi connectivity index (χ1n) is 5.59. The van der Waals surface area contributed by atoms with Crippen molar-refractivity contribution in [2.45, 2.75) is 51.6 Å². The number of rotatable bonds is 2. The van der Waals surface area contributed by atoms with Gasteiger partial charge >= 0.3 is 0 Å². The smallest absolute Gasteiger partial charge is 0.0243 e. The van der Waals surface area contributed by atoms with Gasteiger partial charge in [0.2, 0.25) is 0 Å². The van der Waals surface area contributed by atoms with Crippen molar-refractivity contribution < 1.29 is 0 Å². The molecule has 0 spiro atoms. The lowest BCUT2D eigenvalue weighted by atomic mass is 9.90. The Hall–Kier alpha value is -0.0800. The van der Waals surface area contributed by atoms with E-state index in [9.17, 15) is 0 Å². The summed E-state index contributed by atoms with van der Waals surface area (Å²) in [4.78, 5) is 2.35. The maximum atomic E-state index is 3.39. The molecule has 2 heteroatoms. The molecule has 0 aromatic heterocycles. The Kier molecular flexibility index (Phi) is 7.29. The molecule has 2 unspecified atom stereocenters. The zero-order chi connectivity index (χ0) is 10.3. The molecule has 0 amide bonds. The van der Waals surface area contributed by atoms with E-state index in [0.717, 1.165) is 12.1 Å². The minimum atomic E-state index is 0.721. The molecule has 0 heterocycles. The van der Waals surface area contributed by atoms with Gasteiger partial charge in [0.25, 0.3) is 0 Å². The van der Waals surface area contributed by atoms with Crippen LogP contribution in [0.25, 0.3) is 0 Å². The zero-order valence-electron chi connectivity index (χ0n) is 9.93. The molecule has 13 heavy (non-hydrogen) atoms. The maximum absolute atomic E-state index is 3.39. The highest BCUT2D eigenvalue weighted by Gasteiger charge is 2.24. The fraction of sp³-hybridized carbons (Fsp3) is 1.00. The predicted molar refractivity (Wildman–Crippen MR) is 60.1 cm³/mol. The molecular formula is C11H26N2. The first kappa shape index (κ1) is 12.9. The van der Waals surface area contributed by atoms with Crippen LogP contribution in [-0.4, -0.2) is 38.1 Å². The summed E-state index contributed by atoms with van der Waals surface area (Å²) in [5.41, 5.74) is 0. The second-order valence-corrected chi connectivity index (χ2v) is 3.71. The summed E-state index contributed by atoms with van der Waals surface area (Å²) in [6.45, 7) is 4.00. The Labute approximate surface area is 83.7 Å². The van der Waals surface area contributed by atoms with Gasteiger partial charge in [0, 0.05) is 12.1 Å². The minimum absolute atomic E-state index is 0.721. The lowest BCUT2D eigenvalue weighted by Crippen LogP contribution is -2.47. The van der Waals surface area contributed by atoms with Gasteiger partial charge in [-0.1, -0.05) is 26.7 Å². The number of hydrogen-bond acceptors (Lipinski definition) is 2. The first-order valence-corrected chi connectivity index (χ1v) is 5.59. The Morgan fingerprint density at radius 1 is 1.08 bits per heavy atom. The molecule has 2 nitrogen and oxygen atoms in total. The van der Waals surface area contributed by atoms with Crippen LogP contribution in [0.5, 0.6) is 0 Å². The third kappa shape index (κ3) is 4.10. The van der Waals surface area contributed by atoms with Crippen LogP contribution in [0.4, 0.5) is 0 Å². The van der Waals surface area contributed by atoms with Crippen molar-refractivity contribution in [3.63, 3.8) is 0 Å². The van der Waals surface area contributed by atoms with E-state index < -0.39 is 0 Å². The number of likely N-dealkylation sites (N-methyl/N-ethyl adjacent to an activating group) is 2. The molecule has 2 atom stereocenters. The molecule has 0 saturated heterocycles. The molecule has 0 radical (unpaired) electrons. The Bertz CT molecular complexity index is 113. The van der Waals surface area contributed by atoms with E-state index in [4.69, 9.17) is 0 Å². The van der Waals surface area contributed by atoms with Crippen LogP contribution in [0, 0.1) is 0 Å². The number of hydrogen-bond donors (Lipinski definition) is 1. The van der Waals surface area contributed by atoms with Gasteiger partial charge in [-0.05, 0) is 34.0 Å². The molecule has 1 N–H and O–H groups in total. The highest BCUT2D eigenvalue weighted by atomic mass is 15.1. The summed E-state index contributed by atoms with van der Waals surface area (Å²) in [5, 5.41) is 3.39. The molecule has 1 saturated carbocycles. The van der Waals surface area contributed by atoms with E-state index in [2.05, 4.69) is 31.4 Å². The molecule has 1 rings (SSSR count). The van der Waals surface area contributed by atoms with Gasteiger partial charge in [0.15, 0.2) is 0 Å². The lowest BCUT2D eigenvalue weighted by Gasteiger charge is -2.35. The van der Waals surface area contributed by atoms with Crippen molar-refractivity contribution >= 4 is 0 Å². The summed E-state index contributed by atoms with van der Waals surface area (Å²) in [7, 11) is 6.44. The van der Waals surface area contributed by atoms with Crippen LogP contribution < -0.4 is 5.32 Å². The molecule has 1 aliphatic carbocycles. The fourth-order valence-electron chi connectivity index (χ4n) is 2.07. The zero-order valence-corrected chi connectivity index (χ0v) is 9.93. The van der Waals surface area contributed by atoms with E-state index in [-0.39, 0.29) is 0 Å². The Morgan fingerprint density at radius 3 is 2.00 bits per heavy atom. The fourth-order valence-corrected chi connectivity index (χ4v) is 2.07. The normalized spacial score (nSPS) is 28.2. The van der Waals surface area contributed by atoms with E-state index in [1.807, 2.05) is 13.8 Å². The Morgan fingerprint density at radius 2 is 1.62 bits per heavy atom. The molecular weight excluding hydrogens is 160 g/mol. The standard InChI is InChI=1S/C9H20N2.C2H6/c1-10-8-6-4-5-7-9(8)11(2)3;1-2/h8-10H,4-7H2,1-3H3;1-2H3. The molecule has 1 fully saturated rings. The minimum Gasteiger partial charge on any atom is -0.315 e. The van der Waals surface area contributed by atoms with E-state index in [1.54, 1.807) is 0 Å². The second kappa shape index (κ2) is 7.34. The summed E-state index contributed by atoms with van der Waals surface area (Å²) in [5.74, 6) is 0. The average molecular weight is 186 g/mol. The van der Waals surface area contributed by atoms with Gasteiger partial charge in [-0.15, -0.1) is 0 Å². The van der Waals surface area contributed by atoms with Crippen LogP contribution in [0.2, 0.25) is 0 Å². The van der Waals surface area contributed by atoms with Crippen LogP contribution in [0.15, 0.2) is 0 Å². The summed E-state index contributed by atoms with van der Waals surface area (Å²) in [6, 6.07) is 1.48. The summed E-state index contributed by atoms with van der Waals surface area (Å²) >= 11 is 0. The Balaban J connectivity index is 0.000000671. The van der Waals surface area contributed by atoms with Gasteiger partial charge in [-0.3, -0.25) is 0 Å². The van der Waals surface area contributed by atoms with Gasteiger partial charge in [-0.25, -0.2) is 0 Å². The van der Waals surface area contributed by atoms with Gasteiger partial charge in [-0.2, -0.15) is 0 Å². The summed E-state index contributed by atoms with van der Waals surface area (Å²) in [6.07, 6.45) is 5.51. The van der Waals surface area contributed by atoms with E-state index in [1.165, 1.54) is 25.7 Å². The van der Waals surface area contributed by atoms with Crippen LogP contribution in [-0.2, 0) is 0 Å². The largest absolute Gasteiger partial charge is 0.315 e. The van der Waals surface area contributed by atoms with Crippen LogP contribution in [0.1, 0.15) is 39.5 Å². The lowest BCUT2D eigenvalue weighted by molar-refractivity contribution is 0.183. The first-order chi connectivity index (χ1) is 6.25. The second-order valence-electron chi connectivity index (χ2n) is 3.71. The molecule has 0 bridgehead atoms. The van der Waals surface area contributed by atoms with E-state index >= 15 is 0 Å². The quantitative estimate of drug-likeness (QED) is 0.710. The molecule has 1 aliphatic rings. The SMILES string of the molecule is CC.CNC1CCCCC1N(C)C. The third-order valence-electron chi connectivity index (χ3n) is 2.76. The molecule has 0 aliphatic heterocycles. The third-order valence-corrected chi connectivity index (χ3v) is 2.76. The molecule has 80 valence electrons. The van der Waals surface area contributed by atoms with Gasteiger partial charge in [0.05, 0.1) is 0 Å². The van der Waals surface area contributed by atoms with Crippen molar-refractivity contribution in [1.82, 2.24) is 10.2 Å². The van der Waals surface area contributed by atoms with Crippen LogP contribution in [0.3, 0.4) is 0 Å². The highest BCUT2D eigenvalue weighted by molar-refractivity contribution is 4.84. The van der Waals surface area contributed by atoms with Crippen LogP contribution >= 0.6 is 0 Å². The maximum Gasteiger partial charge on any atom is 0.0243 e. The van der Waals surface area contributed by atoms with Crippen molar-refractivity contribution in [2.75, 3.05) is 21.1 Å². The monoisotopic (exact) mass is 186 g/mol. The number of nitrogens with one attached hydrogen (secondary N) is 1. The predicted octanol–water partition coefficient (Wildman–Crippen LogP) is 2.10. The van der Waals surface area contributed by atoms with Gasteiger partial charge < -0.3 is 10.2 Å². The average Bonchev–Trinajstić information content (AvgIpc) is 2.20. The van der Waals surface area contributed by atoms with Crippen molar-refractivity contribution in [2.24, 2.45) is 0 Å². The van der Waals surface area contributed by atoms with Gasteiger partial charge in [0.1, 0.15) is 0 Å². The molecule has 0 aromatic rings. The van der Waals surface area contributed by atoms with E-state index in [0.29, 0.717) is 0 Å². The van der Waals surface area contributed by atoms with Crippen molar-refractivity contribution in [1.29, 1.82) is 0 Å². The molecule has 0 aromatic carbocycles. The topological polar surface area (TPSA) is 15.3 Å². The summed E-state index contributed by atoms with van der Waals surface area (Å²) < 4.78 is 0.